The van der Waals surface area contributed by atoms with Crippen LogP contribution in [0.2, 0.25) is 0 Å². The molecule has 2 rings (SSSR count). The number of fused-ring (bicyclic) bond motifs is 1. The van der Waals surface area contributed by atoms with Gasteiger partial charge >= 0.3 is 0 Å². The normalized spacial score (nSPS) is 14.4. The molecule has 2 heterocycles. The van der Waals surface area contributed by atoms with Crippen molar-refractivity contribution in [2.24, 2.45) is 0 Å². The van der Waals surface area contributed by atoms with Crippen LogP contribution in [0, 0.1) is 0 Å². The molecule has 4 nitrogen and oxygen atoms in total. The van der Waals surface area contributed by atoms with Crippen LogP contribution in [-0.4, -0.2) is 9.97 Å². The molecule has 1 aromatic heterocycles. The van der Waals surface area contributed by atoms with Crippen LogP contribution >= 0.6 is 21.8 Å². The second kappa shape index (κ2) is 2.21. The van der Waals surface area contributed by atoms with Gasteiger partial charge in [-0.15, -0.1) is 0 Å². The fourth-order valence-electron chi connectivity index (χ4n) is 0.618. The van der Waals surface area contributed by atoms with Crippen molar-refractivity contribution in [1.29, 1.82) is 0 Å². The minimum Gasteiger partial charge on any atom is -0.368 e. The van der Waals surface area contributed by atoms with Crippen molar-refractivity contribution in [1.82, 2.24) is 9.97 Å². The maximum absolute atomic E-state index is 5.36. The van der Waals surface area contributed by atoms with Crippen molar-refractivity contribution < 1.29 is 0 Å². The summed E-state index contributed by atoms with van der Waals surface area (Å²) >= 11 is 0. The molecule has 1 aliphatic heterocycles. The molecule has 0 aromatic carbocycles. The minimum absolute atomic E-state index is 0.329. The molecule has 0 spiro atoms. The van der Waals surface area contributed by atoms with E-state index in [1.54, 1.807) is 17.0 Å². The van der Waals surface area contributed by atoms with Crippen molar-refractivity contribution in [2.45, 2.75) is 5.03 Å². The fourth-order valence-corrected chi connectivity index (χ4v) is 2.38. The molecule has 0 bridgehead atoms. The molecular formula is C4H4N4S2. The highest BCUT2D eigenvalue weighted by atomic mass is 33.1. The topological polar surface area (TPSA) is 63.8 Å². The Morgan fingerprint density at radius 1 is 1.60 bits per heavy atom. The lowest BCUT2D eigenvalue weighted by Gasteiger charge is -1.94. The molecule has 10 heavy (non-hydrogen) atoms. The third-order valence-electron chi connectivity index (χ3n) is 1.04. The van der Waals surface area contributed by atoms with E-state index in [-0.39, 0.29) is 0 Å². The van der Waals surface area contributed by atoms with E-state index in [4.69, 9.17) is 5.73 Å². The maximum Gasteiger partial charge on any atom is 0.221 e. The first-order valence-corrected chi connectivity index (χ1v) is 4.73. The largest absolute Gasteiger partial charge is 0.368 e. The summed E-state index contributed by atoms with van der Waals surface area (Å²) < 4.78 is 3.03. The highest BCUT2D eigenvalue weighted by molar-refractivity contribution is 8.77. The molecule has 0 fully saturated rings. The van der Waals surface area contributed by atoms with Crippen molar-refractivity contribution in [3.8, 4) is 0 Å². The smallest absolute Gasteiger partial charge is 0.221 e. The zero-order valence-corrected chi connectivity index (χ0v) is 6.50. The predicted octanol–water partition coefficient (Wildman–Crippen LogP) is 1.14. The van der Waals surface area contributed by atoms with Crippen molar-refractivity contribution in [3.63, 3.8) is 0 Å². The molecule has 3 N–H and O–H groups in total. The Morgan fingerprint density at radius 3 is 3.40 bits per heavy atom. The molecule has 0 unspecified atom stereocenters. The number of nitrogens with two attached hydrogens (primary N) is 1. The molecule has 0 amide bonds. The highest BCUT2D eigenvalue weighted by Gasteiger charge is 2.13. The van der Waals surface area contributed by atoms with E-state index in [0.29, 0.717) is 5.95 Å². The van der Waals surface area contributed by atoms with Gasteiger partial charge in [0.2, 0.25) is 5.95 Å². The van der Waals surface area contributed by atoms with Crippen LogP contribution in [-0.2, 0) is 0 Å². The molecule has 0 atom stereocenters. The van der Waals surface area contributed by atoms with Crippen LogP contribution in [0.25, 0.3) is 0 Å². The lowest BCUT2D eigenvalue weighted by Crippen LogP contribution is -1.94. The number of rotatable bonds is 0. The number of aromatic nitrogens is 2. The van der Waals surface area contributed by atoms with E-state index in [1.807, 2.05) is 0 Å². The first kappa shape index (κ1) is 6.11. The van der Waals surface area contributed by atoms with Crippen molar-refractivity contribution >= 4 is 33.4 Å². The summed E-state index contributed by atoms with van der Waals surface area (Å²) in [5.74, 6) is 0.329. The lowest BCUT2D eigenvalue weighted by molar-refractivity contribution is 1.08. The Labute approximate surface area is 65.5 Å². The minimum atomic E-state index is 0.329. The number of nitrogens with one attached hydrogen (secondary N) is 1. The monoisotopic (exact) mass is 172 g/mol. The van der Waals surface area contributed by atoms with Gasteiger partial charge in [-0.3, -0.25) is 0 Å². The molecule has 0 radical (unpaired) electrons. The summed E-state index contributed by atoms with van der Waals surface area (Å²) in [5, 5.41) is 0.914. The van der Waals surface area contributed by atoms with Crippen LogP contribution in [0.3, 0.4) is 0 Å². The van der Waals surface area contributed by atoms with E-state index in [9.17, 15) is 0 Å². The SMILES string of the molecule is Nc1ncc2c(n1)SSN2. The van der Waals surface area contributed by atoms with Crippen LogP contribution in [0.5, 0.6) is 0 Å². The molecule has 1 aliphatic rings. The Bertz CT molecular complexity index is 263. The lowest BCUT2D eigenvalue weighted by atomic mass is 10.6. The van der Waals surface area contributed by atoms with Gasteiger partial charge in [0.05, 0.1) is 11.9 Å². The van der Waals surface area contributed by atoms with Gasteiger partial charge in [-0.2, -0.15) is 0 Å². The van der Waals surface area contributed by atoms with Gasteiger partial charge in [-0.05, 0) is 10.8 Å². The van der Waals surface area contributed by atoms with Crippen LogP contribution in [0.4, 0.5) is 11.6 Å². The standard InChI is InChI=1S/C4H4N4S2/c5-4-6-1-2-3(7-4)9-10-8-2/h1,8H,(H2,5,6,7). The molecule has 52 valence electrons. The van der Waals surface area contributed by atoms with Gasteiger partial charge in [0, 0.05) is 11.0 Å². The van der Waals surface area contributed by atoms with E-state index >= 15 is 0 Å². The van der Waals surface area contributed by atoms with E-state index in [0.717, 1.165) is 10.7 Å². The zero-order chi connectivity index (χ0) is 6.97. The highest BCUT2D eigenvalue weighted by Crippen LogP contribution is 2.42. The van der Waals surface area contributed by atoms with Crippen LogP contribution < -0.4 is 10.5 Å². The summed E-state index contributed by atoms with van der Waals surface area (Å²) in [6.07, 6.45) is 1.69. The number of anilines is 2. The third-order valence-corrected chi connectivity index (χ3v) is 2.87. The number of hydrogen-bond donors (Lipinski definition) is 2. The maximum atomic E-state index is 5.36. The van der Waals surface area contributed by atoms with E-state index in [2.05, 4.69) is 14.7 Å². The zero-order valence-electron chi connectivity index (χ0n) is 4.87. The summed E-state index contributed by atoms with van der Waals surface area (Å²) in [6, 6.07) is 0. The van der Waals surface area contributed by atoms with E-state index < -0.39 is 0 Å². The summed E-state index contributed by atoms with van der Waals surface area (Å²) in [7, 11) is 3.08. The number of nitrogens with zero attached hydrogens (tertiary/aromatic N) is 2. The van der Waals surface area contributed by atoms with Gasteiger partial charge in [-0.1, -0.05) is 0 Å². The summed E-state index contributed by atoms with van der Waals surface area (Å²) in [4.78, 5) is 7.83. The summed E-state index contributed by atoms with van der Waals surface area (Å²) in [6.45, 7) is 0. The van der Waals surface area contributed by atoms with Gasteiger partial charge in [0.15, 0.2) is 0 Å². The van der Waals surface area contributed by atoms with Crippen molar-refractivity contribution in [3.05, 3.63) is 6.20 Å². The fraction of sp³-hybridized carbons (Fsp3) is 0. The van der Waals surface area contributed by atoms with Crippen LogP contribution in [0.15, 0.2) is 11.2 Å². The molecule has 0 aliphatic carbocycles. The quantitative estimate of drug-likeness (QED) is 0.347. The second-order valence-electron chi connectivity index (χ2n) is 1.72. The number of hydrogen-bond acceptors (Lipinski definition) is 6. The average Bonchev–Trinajstić information content (AvgIpc) is 2.33. The Hall–Kier alpha value is -0.620. The van der Waals surface area contributed by atoms with Gasteiger partial charge < -0.3 is 10.5 Å². The van der Waals surface area contributed by atoms with Gasteiger partial charge in [0.1, 0.15) is 5.03 Å². The second-order valence-corrected chi connectivity index (χ2v) is 3.64. The molecular weight excluding hydrogens is 168 g/mol. The van der Waals surface area contributed by atoms with E-state index in [1.165, 1.54) is 11.0 Å². The molecule has 0 saturated heterocycles. The summed E-state index contributed by atoms with van der Waals surface area (Å²) in [5.41, 5.74) is 6.31. The third kappa shape index (κ3) is 0.889. The molecule has 0 saturated carbocycles. The molecule has 6 heteroatoms. The van der Waals surface area contributed by atoms with Gasteiger partial charge in [-0.25, -0.2) is 9.97 Å². The Kier molecular flexibility index (Phi) is 1.35. The van der Waals surface area contributed by atoms with Crippen molar-refractivity contribution in [2.75, 3.05) is 10.5 Å². The Balaban J connectivity index is 2.52. The first-order chi connectivity index (χ1) is 4.86. The predicted molar refractivity (Wildman–Crippen MR) is 43.5 cm³/mol. The van der Waals surface area contributed by atoms with Crippen LogP contribution in [0.1, 0.15) is 0 Å². The molecule has 1 aromatic rings. The Morgan fingerprint density at radius 2 is 2.50 bits per heavy atom. The van der Waals surface area contributed by atoms with Gasteiger partial charge in [0.25, 0.3) is 0 Å². The first-order valence-electron chi connectivity index (χ1n) is 2.58. The number of nitrogen functional groups attached to an aromatic ring is 1. The average molecular weight is 172 g/mol.